The van der Waals surface area contributed by atoms with Crippen LogP contribution in [0.3, 0.4) is 0 Å². The first-order chi connectivity index (χ1) is 12.6. The van der Waals surface area contributed by atoms with Gasteiger partial charge in [-0.3, -0.25) is 4.57 Å². The Morgan fingerprint density at radius 3 is 2.42 bits per heavy atom. The largest absolute Gasteiger partial charge is 0.497 e. The Hall–Kier alpha value is -2.67. The van der Waals surface area contributed by atoms with Gasteiger partial charge < -0.3 is 4.74 Å². The lowest BCUT2D eigenvalue weighted by Crippen LogP contribution is -2.01. The number of benzene rings is 2. The van der Waals surface area contributed by atoms with Crippen LogP contribution in [0.25, 0.3) is 11.4 Å². The van der Waals surface area contributed by atoms with E-state index in [1.165, 1.54) is 30.0 Å². The van der Waals surface area contributed by atoms with Crippen molar-refractivity contribution in [3.05, 3.63) is 72.3 Å². The molecule has 0 amide bonds. The van der Waals surface area contributed by atoms with Crippen LogP contribution in [0, 0.1) is 11.6 Å². The zero-order chi connectivity index (χ0) is 18.5. The van der Waals surface area contributed by atoms with Gasteiger partial charge in [-0.25, -0.2) is 8.78 Å². The first kappa shape index (κ1) is 18.1. The molecule has 4 nitrogen and oxygen atoms in total. The molecule has 0 saturated heterocycles. The van der Waals surface area contributed by atoms with Crippen LogP contribution >= 0.6 is 11.8 Å². The van der Waals surface area contributed by atoms with Crippen LogP contribution in [-0.4, -0.2) is 21.9 Å². The monoisotopic (exact) mass is 373 g/mol. The maximum absolute atomic E-state index is 13.8. The van der Waals surface area contributed by atoms with Gasteiger partial charge in [-0.1, -0.05) is 23.9 Å². The van der Waals surface area contributed by atoms with Gasteiger partial charge in [0.25, 0.3) is 0 Å². The van der Waals surface area contributed by atoms with E-state index in [2.05, 4.69) is 16.8 Å². The van der Waals surface area contributed by atoms with E-state index in [1.807, 2.05) is 28.8 Å². The van der Waals surface area contributed by atoms with Crippen molar-refractivity contribution in [1.29, 1.82) is 0 Å². The van der Waals surface area contributed by atoms with Crippen LogP contribution < -0.4 is 4.74 Å². The van der Waals surface area contributed by atoms with Gasteiger partial charge in [-0.2, -0.15) is 0 Å². The summed E-state index contributed by atoms with van der Waals surface area (Å²) in [6.45, 7) is 4.24. The van der Waals surface area contributed by atoms with E-state index in [9.17, 15) is 8.78 Å². The summed E-state index contributed by atoms with van der Waals surface area (Å²) in [7, 11) is 1.60. The molecule has 1 aromatic heterocycles. The Bertz CT molecular complexity index is 889. The summed E-state index contributed by atoms with van der Waals surface area (Å²) in [6, 6.07) is 11.3. The highest BCUT2D eigenvalue weighted by Crippen LogP contribution is 2.29. The highest BCUT2D eigenvalue weighted by molar-refractivity contribution is 7.98. The lowest BCUT2D eigenvalue weighted by molar-refractivity contribution is 0.415. The van der Waals surface area contributed by atoms with Crippen LogP contribution in [-0.2, 0) is 12.3 Å². The van der Waals surface area contributed by atoms with Gasteiger partial charge in [-0.15, -0.1) is 16.8 Å². The molecule has 0 spiro atoms. The van der Waals surface area contributed by atoms with Crippen LogP contribution in [0.15, 0.2) is 60.3 Å². The third-order valence-corrected chi connectivity index (χ3v) is 4.78. The molecule has 26 heavy (non-hydrogen) atoms. The van der Waals surface area contributed by atoms with Gasteiger partial charge in [0.2, 0.25) is 0 Å². The molecule has 0 bridgehead atoms. The average molecular weight is 373 g/mol. The van der Waals surface area contributed by atoms with E-state index in [0.717, 1.165) is 11.3 Å². The third kappa shape index (κ3) is 3.77. The van der Waals surface area contributed by atoms with E-state index >= 15 is 0 Å². The Labute approximate surface area is 154 Å². The summed E-state index contributed by atoms with van der Waals surface area (Å²) < 4.78 is 34.7. The van der Waals surface area contributed by atoms with Crippen molar-refractivity contribution in [2.45, 2.75) is 17.5 Å². The molecule has 0 aliphatic rings. The number of ether oxygens (including phenoxy) is 1. The summed E-state index contributed by atoms with van der Waals surface area (Å²) in [5.74, 6) is 0.388. The molecule has 0 N–H and O–H groups in total. The molecule has 3 aromatic rings. The molecule has 134 valence electrons. The molecule has 7 heteroatoms. The normalized spacial score (nSPS) is 10.7. The lowest BCUT2D eigenvalue weighted by Gasteiger charge is -2.09. The fourth-order valence-corrected chi connectivity index (χ4v) is 3.41. The summed E-state index contributed by atoms with van der Waals surface area (Å²) >= 11 is 1.23. The van der Waals surface area contributed by atoms with Crippen molar-refractivity contribution < 1.29 is 13.5 Å². The van der Waals surface area contributed by atoms with E-state index in [4.69, 9.17) is 4.74 Å². The van der Waals surface area contributed by atoms with E-state index in [0.29, 0.717) is 17.5 Å². The highest BCUT2D eigenvalue weighted by atomic mass is 32.2. The first-order valence-electron chi connectivity index (χ1n) is 7.88. The SMILES string of the molecule is C=CCn1c(SCc2c(F)cccc2F)nnc1-c1ccc(OC)cc1. The minimum absolute atomic E-state index is 0.0247. The molecule has 0 aliphatic carbocycles. The van der Waals surface area contributed by atoms with Gasteiger partial charge in [0.1, 0.15) is 17.4 Å². The molecular weight excluding hydrogens is 356 g/mol. The number of thioether (sulfide) groups is 1. The molecule has 0 fully saturated rings. The maximum Gasteiger partial charge on any atom is 0.192 e. The maximum atomic E-state index is 13.8. The summed E-state index contributed by atoms with van der Waals surface area (Å²) in [5.41, 5.74) is 0.890. The summed E-state index contributed by atoms with van der Waals surface area (Å²) in [6.07, 6.45) is 1.73. The second-order valence-corrected chi connectivity index (χ2v) is 6.37. The van der Waals surface area contributed by atoms with Gasteiger partial charge >= 0.3 is 0 Å². The number of halogens is 2. The number of allylic oxidation sites excluding steroid dienone is 1. The van der Waals surface area contributed by atoms with E-state index in [-0.39, 0.29) is 11.3 Å². The van der Waals surface area contributed by atoms with Crippen molar-refractivity contribution in [3.63, 3.8) is 0 Å². The second kappa shape index (κ2) is 8.14. The zero-order valence-corrected chi connectivity index (χ0v) is 15.0. The number of aromatic nitrogens is 3. The predicted molar refractivity (Wildman–Crippen MR) is 98.1 cm³/mol. The fourth-order valence-electron chi connectivity index (χ4n) is 2.45. The van der Waals surface area contributed by atoms with Crippen LogP contribution in [0.4, 0.5) is 8.78 Å². The molecule has 0 aliphatic heterocycles. The number of rotatable bonds is 7. The minimum Gasteiger partial charge on any atom is -0.497 e. The number of methoxy groups -OCH3 is 1. The molecule has 0 saturated carbocycles. The van der Waals surface area contributed by atoms with Crippen molar-refractivity contribution in [2.24, 2.45) is 0 Å². The zero-order valence-electron chi connectivity index (χ0n) is 14.2. The minimum atomic E-state index is -0.567. The lowest BCUT2D eigenvalue weighted by atomic mass is 10.2. The molecule has 0 radical (unpaired) electrons. The van der Waals surface area contributed by atoms with E-state index < -0.39 is 11.6 Å². The van der Waals surface area contributed by atoms with Crippen molar-refractivity contribution in [1.82, 2.24) is 14.8 Å². The number of nitrogens with zero attached hydrogens (tertiary/aromatic N) is 3. The smallest absolute Gasteiger partial charge is 0.192 e. The molecule has 0 unspecified atom stereocenters. The summed E-state index contributed by atoms with van der Waals surface area (Å²) in [5, 5.41) is 8.98. The first-order valence-corrected chi connectivity index (χ1v) is 8.86. The highest BCUT2D eigenvalue weighted by Gasteiger charge is 2.16. The van der Waals surface area contributed by atoms with Crippen molar-refractivity contribution in [3.8, 4) is 17.1 Å². The fraction of sp³-hybridized carbons (Fsp3) is 0.158. The molecule has 2 aromatic carbocycles. The average Bonchev–Trinajstić information content (AvgIpc) is 3.04. The van der Waals surface area contributed by atoms with Gasteiger partial charge in [-0.05, 0) is 36.4 Å². The second-order valence-electron chi connectivity index (χ2n) is 5.42. The Balaban J connectivity index is 1.88. The molecule has 0 atom stereocenters. The topological polar surface area (TPSA) is 39.9 Å². The Morgan fingerprint density at radius 1 is 1.12 bits per heavy atom. The summed E-state index contributed by atoms with van der Waals surface area (Å²) in [4.78, 5) is 0. The number of hydrogen-bond donors (Lipinski definition) is 0. The van der Waals surface area contributed by atoms with Crippen LogP contribution in [0.2, 0.25) is 0 Å². The number of hydrogen-bond acceptors (Lipinski definition) is 4. The molecule has 1 heterocycles. The molecular formula is C19H17F2N3OS. The van der Waals surface area contributed by atoms with Gasteiger partial charge in [0.15, 0.2) is 11.0 Å². The standard InChI is InChI=1S/C19H17F2N3OS/c1-3-11-24-18(13-7-9-14(25-2)10-8-13)22-23-19(24)26-12-15-16(20)5-4-6-17(15)21/h3-10H,1,11-12H2,2H3. The van der Waals surface area contributed by atoms with Crippen molar-refractivity contribution >= 4 is 11.8 Å². The predicted octanol–water partition coefficient (Wildman–Crippen LogP) is 4.71. The molecule has 3 rings (SSSR count). The van der Waals surface area contributed by atoms with Crippen molar-refractivity contribution in [2.75, 3.05) is 7.11 Å². The van der Waals surface area contributed by atoms with Gasteiger partial charge in [0.05, 0.1) is 7.11 Å². The van der Waals surface area contributed by atoms with E-state index in [1.54, 1.807) is 13.2 Å². The Kier molecular flexibility index (Phi) is 5.68. The van der Waals surface area contributed by atoms with Crippen LogP contribution in [0.1, 0.15) is 5.56 Å². The Morgan fingerprint density at radius 2 is 1.81 bits per heavy atom. The van der Waals surface area contributed by atoms with Crippen LogP contribution in [0.5, 0.6) is 5.75 Å². The van der Waals surface area contributed by atoms with Gasteiger partial charge in [0, 0.05) is 23.4 Å². The quantitative estimate of drug-likeness (QED) is 0.444. The third-order valence-electron chi connectivity index (χ3n) is 3.78.